The zero-order chi connectivity index (χ0) is 12.0. The average molecular weight is 222 g/mol. The smallest absolute Gasteiger partial charge is 0.0602 e. The van der Waals surface area contributed by atoms with Gasteiger partial charge in [-0.15, -0.1) is 0 Å². The molecule has 2 heteroatoms. The predicted molar refractivity (Wildman–Crippen MR) is 66.6 cm³/mol. The highest BCUT2D eigenvalue weighted by Crippen LogP contribution is 2.11. The molecule has 90 valence electrons. The van der Waals surface area contributed by atoms with Crippen LogP contribution < -0.4 is 0 Å². The molecular formula is C14H22O2. The number of hydrogen-bond donors (Lipinski definition) is 1. The second-order valence-corrected chi connectivity index (χ2v) is 4.49. The molecule has 2 nitrogen and oxygen atoms in total. The molecule has 1 aromatic rings. The number of aryl methyl sites for hydroxylation is 1. The average Bonchev–Trinajstić information content (AvgIpc) is 2.21. The number of benzene rings is 1. The zero-order valence-electron chi connectivity index (χ0n) is 10.4. The van der Waals surface area contributed by atoms with Crippen molar-refractivity contribution in [1.82, 2.24) is 0 Å². The van der Waals surface area contributed by atoms with Crippen LogP contribution in [0.4, 0.5) is 0 Å². The van der Waals surface area contributed by atoms with Crippen molar-refractivity contribution in [3.8, 4) is 0 Å². The van der Waals surface area contributed by atoms with Gasteiger partial charge < -0.3 is 9.84 Å². The van der Waals surface area contributed by atoms with Crippen molar-refractivity contribution in [2.45, 2.75) is 45.8 Å². The van der Waals surface area contributed by atoms with E-state index in [0.29, 0.717) is 19.4 Å². The van der Waals surface area contributed by atoms with Gasteiger partial charge in [-0.25, -0.2) is 0 Å². The van der Waals surface area contributed by atoms with Gasteiger partial charge in [-0.05, 0) is 44.7 Å². The van der Waals surface area contributed by atoms with Crippen LogP contribution in [-0.4, -0.2) is 23.9 Å². The van der Waals surface area contributed by atoms with Crippen molar-refractivity contribution < 1.29 is 9.84 Å². The fourth-order valence-corrected chi connectivity index (χ4v) is 1.63. The minimum atomic E-state index is -0.306. The van der Waals surface area contributed by atoms with Gasteiger partial charge in [0, 0.05) is 6.61 Å². The Balaban J connectivity index is 2.34. The molecule has 0 radical (unpaired) electrons. The van der Waals surface area contributed by atoms with E-state index in [9.17, 15) is 5.11 Å². The van der Waals surface area contributed by atoms with Crippen molar-refractivity contribution in [2.24, 2.45) is 0 Å². The van der Waals surface area contributed by atoms with Gasteiger partial charge in [-0.1, -0.05) is 24.3 Å². The topological polar surface area (TPSA) is 29.5 Å². The van der Waals surface area contributed by atoms with Crippen molar-refractivity contribution in [3.63, 3.8) is 0 Å². The molecule has 1 N–H and O–H groups in total. The zero-order valence-corrected chi connectivity index (χ0v) is 10.4. The molecule has 0 saturated carbocycles. The summed E-state index contributed by atoms with van der Waals surface area (Å²) in [6.45, 7) is 6.72. The number of aliphatic hydroxyl groups excluding tert-OH is 1. The maximum absolute atomic E-state index is 9.86. The number of aliphatic hydroxyl groups is 1. The Morgan fingerprint density at radius 3 is 2.56 bits per heavy atom. The Hall–Kier alpha value is -0.860. The van der Waals surface area contributed by atoms with Gasteiger partial charge >= 0.3 is 0 Å². The molecule has 1 aromatic carbocycles. The van der Waals surface area contributed by atoms with E-state index in [1.807, 2.05) is 26.0 Å². The van der Waals surface area contributed by atoms with Gasteiger partial charge in [0.25, 0.3) is 0 Å². The van der Waals surface area contributed by atoms with Crippen molar-refractivity contribution in [3.05, 3.63) is 35.4 Å². The molecule has 0 saturated heterocycles. The Kier molecular flexibility index (Phi) is 5.50. The van der Waals surface area contributed by atoms with Crippen LogP contribution in [0.3, 0.4) is 0 Å². The van der Waals surface area contributed by atoms with Crippen LogP contribution in [0.5, 0.6) is 0 Å². The van der Waals surface area contributed by atoms with Crippen molar-refractivity contribution in [2.75, 3.05) is 6.61 Å². The van der Waals surface area contributed by atoms with E-state index in [1.54, 1.807) is 0 Å². The van der Waals surface area contributed by atoms with Gasteiger partial charge in [-0.3, -0.25) is 0 Å². The maximum Gasteiger partial charge on any atom is 0.0602 e. The summed E-state index contributed by atoms with van der Waals surface area (Å²) < 4.78 is 5.42. The third-order valence-electron chi connectivity index (χ3n) is 2.62. The van der Waals surface area contributed by atoms with Crippen LogP contribution >= 0.6 is 0 Å². The number of ether oxygens (including phenoxy) is 1. The van der Waals surface area contributed by atoms with Gasteiger partial charge in [0.2, 0.25) is 0 Å². The number of hydrogen-bond acceptors (Lipinski definition) is 2. The molecule has 0 heterocycles. The highest BCUT2D eigenvalue weighted by Gasteiger charge is 2.07. The predicted octanol–water partition coefficient (Wildman–Crippen LogP) is 2.71. The van der Waals surface area contributed by atoms with Crippen LogP contribution in [0.2, 0.25) is 0 Å². The third kappa shape index (κ3) is 4.77. The molecule has 0 spiro atoms. The summed E-state index contributed by atoms with van der Waals surface area (Å²) >= 11 is 0. The fourth-order valence-electron chi connectivity index (χ4n) is 1.63. The van der Waals surface area contributed by atoms with E-state index in [1.165, 1.54) is 11.1 Å². The molecular weight excluding hydrogens is 200 g/mol. The fraction of sp³-hybridized carbons (Fsp3) is 0.571. The first-order valence-electron chi connectivity index (χ1n) is 5.93. The summed E-state index contributed by atoms with van der Waals surface area (Å²) in [5, 5.41) is 9.86. The van der Waals surface area contributed by atoms with Crippen LogP contribution in [0.25, 0.3) is 0 Å². The highest BCUT2D eigenvalue weighted by molar-refractivity contribution is 5.26. The molecule has 1 unspecified atom stereocenters. The summed E-state index contributed by atoms with van der Waals surface area (Å²) in [5.41, 5.74) is 2.46. The summed E-state index contributed by atoms with van der Waals surface area (Å²) in [6.07, 6.45) is 1.35. The molecule has 0 aliphatic rings. The Bertz CT molecular complexity index is 307. The summed E-state index contributed by atoms with van der Waals surface area (Å²) in [5.74, 6) is 0. The van der Waals surface area contributed by atoms with Crippen LogP contribution in [-0.2, 0) is 11.2 Å². The lowest BCUT2D eigenvalue weighted by Gasteiger charge is -2.13. The molecule has 1 rings (SSSR count). The molecule has 0 aliphatic heterocycles. The summed E-state index contributed by atoms with van der Waals surface area (Å²) in [6, 6.07) is 8.18. The lowest BCUT2D eigenvalue weighted by molar-refractivity contribution is 0.0470. The summed E-state index contributed by atoms with van der Waals surface area (Å²) in [4.78, 5) is 0. The normalized spacial score (nSPS) is 13.1. The van der Waals surface area contributed by atoms with E-state index < -0.39 is 0 Å². The molecule has 16 heavy (non-hydrogen) atoms. The molecule has 0 aliphatic carbocycles. The van der Waals surface area contributed by atoms with Gasteiger partial charge in [0.15, 0.2) is 0 Å². The van der Waals surface area contributed by atoms with Crippen molar-refractivity contribution in [1.29, 1.82) is 0 Å². The first-order valence-corrected chi connectivity index (χ1v) is 5.93. The minimum absolute atomic E-state index is 0.241. The minimum Gasteiger partial charge on any atom is -0.393 e. The van der Waals surface area contributed by atoms with E-state index in [0.717, 1.165) is 0 Å². The molecule has 0 aromatic heterocycles. The standard InChI is InChI=1S/C14H22O2/c1-11(2)16-9-8-14(15)10-13-7-5-4-6-12(13)3/h4-7,11,14-15H,8-10H2,1-3H3. The number of rotatable bonds is 6. The van der Waals surface area contributed by atoms with E-state index in [4.69, 9.17) is 4.74 Å². The highest BCUT2D eigenvalue weighted by atomic mass is 16.5. The quantitative estimate of drug-likeness (QED) is 0.802. The second kappa shape index (κ2) is 6.66. The van der Waals surface area contributed by atoms with Crippen molar-refractivity contribution >= 4 is 0 Å². The molecule has 0 fully saturated rings. The first kappa shape index (κ1) is 13.2. The van der Waals surface area contributed by atoms with Gasteiger partial charge in [0.1, 0.15) is 0 Å². The van der Waals surface area contributed by atoms with Crippen LogP contribution in [0, 0.1) is 6.92 Å². The third-order valence-corrected chi connectivity index (χ3v) is 2.62. The van der Waals surface area contributed by atoms with E-state index in [-0.39, 0.29) is 12.2 Å². The lowest BCUT2D eigenvalue weighted by atomic mass is 10.0. The lowest BCUT2D eigenvalue weighted by Crippen LogP contribution is -2.16. The Morgan fingerprint density at radius 2 is 1.94 bits per heavy atom. The van der Waals surface area contributed by atoms with E-state index in [2.05, 4.69) is 19.1 Å². The van der Waals surface area contributed by atoms with Gasteiger partial charge in [0.05, 0.1) is 12.2 Å². The summed E-state index contributed by atoms with van der Waals surface area (Å²) in [7, 11) is 0. The Morgan fingerprint density at radius 1 is 1.25 bits per heavy atom. The molecule has 0 amide bonds. The SMILES string of the molecule is Cc1ccccc1CC(O)CCOC(C)C. The van der Waals surface area contributed by atoms with Gasteiger partial charge in [-0.2, -0.15) is 0 Å². The van der Waals surface area contributed by atoms with E-state index >= 15 is 0 Å². The van der Waals surface area contributed by atoms with Crippen LogP contribution in [0.1, 0.15) is 31.4 Å². The maximum atomic E-state index is 9.86. The monoisotopic (exact) mass is 222 g/mol. The van der Waals surface area contributed by atoms with Crippen LogP contribution in [0.15, 0.2) is 24.3 Å². The Labute approximate surface area is 98.3 Å². The molecule has 1 atom stereocenters. The molecule has 0 bridgehead atoms. The second-order valence-electron chi connectivity index (χ2n) is 4.49. The first-order chi connectivity index (χ1) is 7.59. The largest absolute Gasteiger partial charge is 0.393 e.